The lowest BCUT2D eigenvalue weighted by molar-refractivity contribution is 0.0527. The van der Waals surface area contributed by atoms with Crippen LogP contribution in [0.15, 0.2) is 60.8 Å². The molecule has 4 rings (SSSR count). The molecule has 0 amide bonds. The van der Waals surface area contributed by atoms with Crippen molar-refractivity contribution >= 4 is 27.6 Å². The monoisotopic (exact) mass is 361 g/mol. The van der Waals surface area contributed by atoms with Crippen molar-refractivity contribution in [1.29, 1.82) is 0 Å². The first-order valence-corrected chi connectivity index (χ1v) is 9.00. The Morgan fingerprint density at radius 1 is 1.07 bits per heavy atom. The Kier molecular flexibility index (Phi) is 4.40. The number of ether oxygens (including phenoxy) is 1. The molecular formula is C23H20FNO2. The Balaban J connectivity index is 1.84. The van der Waals surface area contributed by atoms with Crippen molar-refractivity contribution < 1.29 is 13.9 Å². The third kappa shape index (κ3) is 3.19. The number of hydrogen-bond donors (Lipinski definition) is 0. The molecule has 0 fully saturated rings. The van der Waals surface area contributed by atoms with Gasteiger partial charge < -0.3 is 9.30 Å². The van der Waals surface area contributed by atoms with E-state index >= 15 is 0 Å². The Labute approximate surface area is 157 Å². The van der Waals surface area contributed by atoms with E-state index in [1.165, 1.54) is 22.9 Å². The van der Waals surface area contributed by atoms with Gasteiger partial charge in [0.05, 0.1) is 17.7 Å². The summed E-state index contributed by atoms with van der Waals surface area (Å²) < 4.78 is 21.2. The lowest BCUT2D eigenvalue weighted by atomic mass is 10.1. The first-order chi connectivity index (χ1) is 13.1. The highest BCUT2D eigenvalue weighted by atomic mass is 19.1. The smallest absolute Gasteiger partial charge is 0.340 e. The first kappa shape index (κ1) is 17.3. The summed E-state index contributed by atoms with van der Waals surface area (Å²) in [4.78, 5) is 12.4. The van der Waals surface area contributed by atoms with Gasteiger partial charge in [-0.2, -0.15) is 0 Å². The molecule has 1 aromatic heterocycles. The largest absolute Gasteiger partial charge is 0.462 e. The number of rotatable bonds is 4. The maximum Gasteiger partial charge on any atom is 0.340 e. The second-order valence-electron chi connectivity index (χ2n) is 6.69. The Hall–Kier alpha value is -3.14. The predicted molar refractivity (Wildman–Crippen MR) is 106 cm³/mol. The zero-order valence-electron chi connectivity index (χ0n) is 15.3. The molecule has 0 N–H and O–H groups in total. The molecule has 4 heteroatoms. The number of carbonyl (C=O) groups excluding carboxylic acids is 1. The average Bonchev–Trinajstić information content (AvgIpc) is 2.96. The molecule has 0 radical (unpaired) electrons. The molecule has 136 valence electrons. The minimum Gasteiger partial charge on any atom is -0.462 e. The second kappa shape index (κ2) is 6.88. The van der Waals surface area contributed by atoms with E-state index in [2.05, 4.69) is 30.3 Å². The fraction of sp³-hybridized carbons (Fsp3) is 0.174. The van der Waals surface area contributed by atoms with Gasteiger partial charge in [0.2, 0.25) is 0 Å². The van der Waals surface area contributed by atoms with Crippen molar-refractivity contribution in [2.45, 2.75) is 20.4 Å². The third-order valence-electron chi connectivity index (χ3n) is 4.80. The van der Waals surface area contributed by atoms with Crippen molar-refractivity contribution in [1.82, 2.24) is 4.57 Å². The van der Waals surface area contributed by atoms with Gasteiger partial charge in [-0.15, -0.1) is 0 Å². The summed E-state index contributed by atoms with van der Waals surface area (Å²) >= 11 is 0. The molecule has 0 bridgehead atoms. The zero-order chi connectivity index (χ0) is 19.0. The van der Waals surface area contributed by atoms with Gasteiger partial charge in [0.1, 0.15) is 5.82 Å². The molecule has 3 aromatic carbocycles. The molecule has 1 heterocycles. The topological polar surface area (TPSA) is 31.2 Å². The number of halogens is 1. The molecule has 0 aliphatic carbocycles. The number of aromatic nitrogens is 1. The van der Waals surface area contributed by atoms with Gasteiger partial charge in [0, 0.05) is 18.1 Å². The van der Waals surface area contributed by atoms with E-state index in [0.717, 1.165) is 16.5 Å². The van der Waals surface area contributed by atoms with E-state index in [9.17, 15) is 9.18 Å². The highest BCUT2D eigenvalue weighted by Crippen LogP contribution is 2.28. The van der Waals surface area contributed by atoms with Crippen LogP contribution in [-0.2, 0) is 11.3 Å². The number of aryl methyl sites for hydroxylation is 1. The van der Waals surface area contributed by atoms with Crippen LogP contribution in [0.5, 0.6) is 0 Å². The normalized spacial score (nSPS) is 11.2. The molecule has 27 heavy (non-hydrogen) atoms. The first-order valence-electron chi connectivity index (χ1n) is 9.00. The van der Waals surface area contributed by atoms with Crippen LogP contribution < -0.4 is 0 Å². The molecule has 0 aliphatic rings. The molecule has 0 unspecified atom stereocenters. The number of hydrogen-bond acceptors (Lipinski definition) is 2. The van der Waals surface area contributed by atoms with Gasteiger partial charge in [0.15, 0.2) is 0 Å². The van der Waals surface area contributed by atoms with Crippen molar-refractivity contribution in [3.63, 3.8) is 0 Å². The number of fused-ring (bicyclic) bond motifs is 2. The molecule has 0 atom stereocenters. The van der Waals surface area contributed by atoms with Gasteiger partial charge >= 0.3 is 5.97 Å². The van der Waals surface area contributed by atoms with Gasteiger partial charge in [-0.05, 0) is 53.9 Å². The molecule has 0 aliphatic heterocycles. The zero-order valence-corrected chi connectivity index (χ0v) is 15.3. The van der Waals surface area contributed by atoms with Crippen LogP contribution in [-0.4, -0.2) is 17.1 Å². The highest BCUT2D eigenvalue weighted by molar-refractivity contribution is 6.04. The van der Waals surface area contributed by atoms with Gasteiger partial charge in [-0.25, -0.2) is 9.18 Å². The molecular weight excluding hydrogens is 341 g/mol. The molecule has 3 nitrogen and oxygen atoms in total. The fourth-order valence-corrected chi connectivity index (χ4v) is 3.60. The van der Waals surface area contributed by atoms with Crippen LogP contribution in [0.2, 0.25) is 0 Å². The minimum absolute atomic E-state index is 0.251. The summed E-state index contributed by atoms with van der Waals surface area (Å²) in [6.45, 7) is 4.51. The fourth-order valence-electron chi connectivity index (χ4n) is 3.60. The van der Waals surface area contributed by atoms with Crippen LogP contribution in [0, 0.1) is 12.7 Å². The molecule has 0 spiro atoms. The second-order valence-corrected chi connectivity index (χ2v) is 6.69. The SMILES string of the molecule is CCOC(=O)c1cc(F)cc2c(C)cn(Cc3ccc4ccccc4c3)c12. The Bertz CT molecular complexity index is 1160. The summed E-state index contributed by atoms with van der Waals surface area (Å²) in [5.41, 5.74) is 3.02. The number of benzene rings is 3. The highest BCUT2D eigenvalue weighted by Gasteiger charge is 2.18. The van der Waals surface area contributed by atoms with Crippen LogP contribution in [0.1, 0.15) is 28.4 Å². The molecule has 0 saturated heterocycles. The average molecular weight is 361 g/mol. The summed E-state index contributed by atoms with van der Waals surface area (Å²) in [5.74, 6) is -0.933. The number of esters is 1. The van der Waals surface area contributed by atoms with Crippen LogP contribution >= 0.6 is 0 Å². The van der Waals surface area contributed by atoms with Crippen molar-refractivity contribution in [2.75, 3.05) is 6.61 Å². The van der Waals surface area contributed by atoms with Crippen LogP contribution in [0.3, 0.4) is 0 Å². The van der Waals surface area contributed by atoms with E-state index < -0.39 is 11.8 Å². The lowest BCUT2D eigenvalue weighted by Crippen LogP contribution is -2.09. The number of carbonyl (C=O) groups is 1. The maximum atomic E-state index is 14.1. The minimum atomic E-state index is -0.500. The van der Waals surface area contributed by atoms with E-state index in [1.807, 2.05) is 29.8 Å². The van der Waals surface area contributed by atoms with Crippen LogP contribution in [0.4, 0.5) is 4.39 Å². The summed E-state index contributed by atoms with van der Waals surface area (Å²) in [5, 5.41) is 3.09. The van der Waals surface area contributed by atoms with Crippen molar-refractivity contribution in [3.8, 4) is 0 Å². The van der Waals surface area contributed by atoms with E-state index in [4.69, 9.17) is 4.74 Å². The Morgan fingerprint density at radius 2 is 1.85 bits per heavy atom. The quantitative estimate of drug-likeness (QED) is 0.452. The van der Waals surface area contributed by atoms with Crippen LogP contribution in [0.25, 0.3) is 21.7 Å². The van der Waals surface area contributed by atoms with E-state index in [0.29, 0.717) is 12.1 Å². The summed E-state index contributed by atoms with van der Waals surface area (Å²) in [7, 11) is 0. The molecule has 4 aromatic rings. The molecule has 0 saturated carbocycles. The van der Waals surface area contributed by atoms with E-state index in [-0.39, 0.29) is 12.2 Å². The van der Waals surface area contributed by atoms with Gasteiger partial charge in [0.25, 0.3) is 0 Å². The predicted octanol–water partition coefficient (Wildman–Crippen LogP) is 5.47. The standard InChI is InChI=1S/C23H20FNO2/c1-3-27-23(26)21-12-19(24)11-20-15(2)13-25(22(20)21)14-16-8-9-17-6-4-5-7-18(17)10-16/h4-13H,3,14H2,1-2H3. The van der Waals surface area contributed by atoms with Gasteiger partial charge in [-0.1, -0.05) is 36.4 Å². The van der Waals surface area contributed by atoms with Gasteiger partial charge in [-0.3, -0.25) is 0 Å². The van der Waals surface area contributed by atoms with Crippen molar-refractivity contribution in [2.24, 2.45) is 0 Å². The van der Waals surface area contributed by atoms with Crippen molar-refractivity contribution in [3.05, 3.63) is 83.3 Å². The Morgan fingerprint density at radius 3 is 2.63 bits per heavy atom. The third-order valence-corrected chi connectivity index (χ3v) is 4.80. The summed E-state index contributed by atoms with van der Waals surface area (Å²) in [6, 6.07) is 17.2. The van der Waals surface area contributed by atoms with E-state index in [1.54, 1.807) is 6.92 Å². The maximum absolute atomic E-state index is 14.1. The lowest BCUT2D eigenvalue weighted by Gasteiger charge is -2.11. The summed E-state index contributed by atoms with van der Waals surface area (Å²) in [6.07, 6.45) is 1.96. The number of nitrogens with zero attached hydrogens (tertiary/aromatic N) is 1.